The Balaban J connectivity index is 1.82. The zero-order valence-corrected chi connectivity index (χ0v) is 16.6. The van der Waals surface area contributed by atoms with Gasteiger partial charge in [-0.05, 0) is 48.0 Å². The lowest BCUT2D eigenvalue weighted by atomic mass is 10.1. The van der Waals surface area contributed by atoms with Gasteiger partial charge in [-0.3, -0.25) is 4.79 Å². The Morgan fingerprint density at radius 3 is 2.28 bits per heavy atom. The summed E-state index contributed by atoms with van der Waals surface area (Å²) in [4.78, 5) is 27.8. The quantitative estimate of drug-likeness (QED) is 0.435. The van der Waals surface area contributed by atoms with Gasteiger partial charge in [-0.15, -0.1) is 0 Å². The minimum Gasteiger partial charge on any atom is -0.465 e. The highest BCUT2D eigenvalue weighted by Crippen LogP contribution is 2.32. The van der Waals surface area contributed by atoms with Crippen LogP contribution >= 0.6 is 0 Å². The van der Waals surface area contributed by atoms with E-state index in [9.17, 15) is 27.2 Å². The minimum atomic E-state index is -4.72. The number of benzene rings is 2. The van der Waals surface area contributed by atoms with Crippen LogP contribution in [0.15, 0.2) is 60.8 Å². The van der Waals surface area contributed by atoms with E-state index in [0.717, 1.165) is 12.1 Å². The number of hydrogen-bond donors (Lipinski definition) is 1. The number of methoxy groups -OCH3 is 1. The molecule has 1 heterocycles. The molecule has 10 heteroatoms. The molecular formula is C22H16F4N2O4. The van der Waals surface area contributed by atoms with Crippen LogP contribution in [0.25, 0.3) is 0 Å². The number of nitrogens with one attached hydrogen (secondary N) is 1. The molecule has 0 aliphatic carbocycles. The predicted molar refractivity (Wildman–Crippen MR) is 105 cm³/mol. The molecule has 0 bridgehead atoms. The maximum atomic E-state index is 13.1. The Morgan fingerprint density at radius 1 is 1.03 bits per heavy atom. The third-order valence-electron chi connectivity index (χ3n) is 4.28. The molecule has 166 valence electrons. The molecule has 0 radical (unpaired) electrons. The molecule has 0 saturated heterocycles. The van der Waals surface area contributed by atoms with Gasteiger partial charge >= 0.3 is 12.1 Å². The Bertz CT molecular complexity index is 1110. The highest BCUT2D eigenvalue weighted by Gasteiger charge is 2.33. The van der Waals surface area contributed by atoms with Crippen LogP contribution in [0.5, 0.6) is 11.6 Å². The second kappa shape index (κ2) is 9.46. The molecule has 0 aliphatic heterocycles. The van der Waals surface area contributed by atoms with E-state index in [0.29, 0.717) is 23.4 Å². The van der Waals surface area contributed by atoms with E-state index >= 15 is 0 Å². The van der Waals surface area contributed by atoms with Gasteiger partial charge in [-0.2, -0.15) is 13.2 Å². The van der Waals surface area contributed by atoms with Crippen molar-refractivity contribution in [3.8, 4) is 11.6 Å². The number of nitrogens with zero attached hydrogens (tertiary/aromatic N) is 1. The first kappa shape index (κ1) is 22.7. The Morgan fingerprint density at radius 2 is 1.69 bits per heavy atom. The molecule has 1 amide bonds. The van der Waals surface area contributed by atoms with Gasteiger partial charge in [-0.25, -0.2) is 14.2 Å². The minimum absolute atomic E-state index is 0.0352. The van der Waals surface area contributed by atoms with E-state index in [-0.39, 0.29) is 18.2 Å². The lowest BCUT2D eigenvalue weighted by Gasteiger charge is -2.13. The largest absolute Gasteiger partial charge is 0.465 e. The number of rotatable bonds is 6. The summed E-state index contributed by atoms with van der Waals surface area (Å²) in [6.45, 7) is -0.0352. The standard InChI is InChI=1S/C22H16F4N2O4/c1-31-21(30)14-4-2-13(3-5-14)11-27-19(29)18-10-15(22(24,25)26)12-28-20(18)32-17-8-6-16(23)7-9-17/h2-10,12H,11H2,1H3,(H,27,29). The first-order valence-corrected chi connectivity index (χ1v) is 9.13. The van der Waals surface area contributed by atoms with E-state index in [1.54, 1.807) is 12.1 Å². The Kier molecular flexibility index (Phi) is 6.72. The van der Waals surface area contributed by atoms with E-state index in [4.69, 9.17) is 4.74 Å². The zero-order chi connectivity index (χ0) is 23.3. The van der Waals surface area contributed by atoms with Gasteiger partial charge in [0.2, 0.25) is 5.88 Å². The summed E-state index contributed by atoms with van der Waals surface area (Å²) in [6, 6.07) is 11.4. The second-order valence-corrected chi connectivity index (χ2v) is 6.50. The molecular weight excluding hydrogens is 432 g/mol. The monoisotopic (exact) mass is 448 g/mol. The summed E-state index contributed by atoms with van der Waals surface area (Å²) in [5.41, 5.74) is -0.682. The Hall–Kier alpha value is -3.95. The average molecular weight is 448 g/mol. The number of alkyl halides is 3. The lowest BCUT2D eigenvalue weighted by Crippen LogP contribution is -2.24. The van der Waals surface area contributed by atoms with Gasteiger partial charge in [0.15, 0.2) is 0 Å². The molecule has 3 rings (SSSR count). The van der Waals surface area contributed by atoms with Crippen molar-refractivity contribution in [2.75, 3.05) is 7.11 Å². The smallest absolute Gasteiger partial charge is 0.417 e. The van der Waals surface area contributed by atoms with Crippen LogP contribution in [0.1, 0.15) is 31.8 Å². The number of hydrogen-bond acceptors (Lipinski definition) is 5. The molecule has 0 fully saturated rings. The van der Waals surface area contributed by atoms with Crippen molar-refractivity contribution < 1.29 is 36.6 Å². The number of carbonyl (C=O) groups excluding carboxylic acids is 2. The number of carbonyl (C=O) groups is 2. The molecule has 0 aliphatic rings. The first-order valence-electron chi connectivity index (χ1n) is 9.13. The number of amides is 1. The van der Waals surface area contributed by atoms with E-state index < -0.39 is 35.0 Å². The SMILES string of the molecule is COC(=O)c1ccc(CNC(=O)c2cc(C(F)(F)F)cnc2Oc2ccc(F)cc2)cc1. The summed E-state index contributed by atoms with van der Waals surface area (Å²) in [6.07, 6.45) is -4.18. The fourth-order valence-electron chi connectivity index (χ4n) is 2.62. The van der Waals surface area contributed by atoms with Crippen molar-refractivity contribution in [1.29, 1.82) is 0 Å². The number of aromatic nitrogens is 1. The molecule has 6 nitrogen and oxygen atoms in total. The fraction of sp³-hybridized carbons (Fsp3) is 0.136. The van der Waals surface area contributed by atoms with E-state index in [1.807, 2.05) is 0 Å². The summed E-state index contributed by atoms with van der Waals surface area (Å²) in [5.74, 6) is -2.21. The molecule has 0 spiro atoms. The number of ether oxygens (including phenoxy) is 2. The van der Waals surface area contributed by atoms with Crippen molar-refractivity contribution in [2.24, 2.45) is 0 Å². The summed E-state index contributed by atoms with van der Waals surface area (Å²) in [7, 11) is 1.24. The predicted octanol–water partition coefficient (Wildman–Crippen LogP) is 4.75. The van der Waals surface area contributed by atoms with Gasteiger partial charge < -0.3 is 14.8 Å². The molecule has 3 aromatic rings. The zero-order valence-electron chi connectivity index (χ0n) is 16.6. The van der Waals surface area contributed by atoms with Crippen molar-refractivity contribution in [1.82, 2.24) is 10.3 Å². The number of esters is 1. The molecule has 32 heavy (non-hydrogen) atoms. The van der Waals surface area contributed by atoms with Gasteiger partial charge in [-0.1, -0.05) is 12.1 Å². The third-order valence-corrected chi connectivity index (χ3v) is 4.28. The average Bonchev–Trinajstić information content (AvgIpc) is 2.78. The molecule has 2 aromatic carbocycles. The van der Waals surface area contributed by atoms with Gasteiger partial charge in [0.1, 0.15) is 17.1 Å². The Labute approximate surface area is 179 Å². The highest BCUT2D eigenvalue weighted by atomic mass is 19.4. The van der Waals surface area contributed by atoms with Crippen LogP contribution in [0, 0.1) is 5.82 Å². The van der Waals surface area contributed by atoms with Gasteiger partial charge in [0.25, 0.3) is 5.91 Å². The van der Waals surface area contributed by atoms with Crippen molar-refractivity contribution >= 4 is 11.9 Å². The van der Waals surface area contributed by atoms with Crippen molar-refractivity contribution in [2.45, 2.75) is 12.7 Å². The normalized spacial score (nSPS) is 11.0. The molecule has 0 atom stereocenters. The summed E-state index contributed by atoms with van der Waals surface area (Å²) < 4.78 is 62.5. The van der Waals surface area contributed by atoms with Crippen LogP contribution in [0.3, 0.4) is 0 Å². The van der Waals surface area contributed by atoms with E-state index in [1.165, 1.54) is 31.4 Å². The van der Waals surface area contributed by atoms with Crippen molar-refractivity contribution in [3.63, 3.8) is 0 Å². The highest BCUT2D eigenvalue weighted by molar-refractivity contribution is 5.96. The maximum absolute atomic E-state index is 13.1. The van der Waals surface area contributed by atoms with Crippen LogP contribution in [-0.2, 0) is 17.5 Å². The molecule has 0 saturated carbocycles. The van der Waals surface area contributed by atoms with Crippen LogP contribution < -0.4 is 10.1 Å². The summed E-state index contributed by atoms with van der Waals surface area (Å²) in [5, 5.41) is 2.49. The fourth-order valence-corrected chi connectivity index (χ4v) is 2.62. The number of pyridine rings is 1. The molecule has 1 aromatic heterocycles. The lowest BCUT2D eigenvalue weighted by molar-refractivity contribution is -0.137. The second-order valence-electron chi connectivity index (χ2n) is 6.50. The maximum Gasteiger partial charge on any atom is 0.417 e. The third kappa shape index (κ3) is 5.60. The number of halogens is 4. The molecule has 0 unspecified atom stereocenters. The first-order chi connectivity index (χ1) is 15.2. The van der Waals surface area contributed by atoms with Gasteiger partial charge in [0.05, 0.1) is 18.2 Å². The van der Waals surface area contributed by atoms with Crippen LogP contribution in [-0.4, -0.2) is 24.0 Å². The van der Waals surface area contributed by atoms with Crippen LogP contribution in [0.2, 0.25) is 0 Å². The van der Waals surface area contributed by atoms with Crippen molar-refractivity contribution in [3.05, 3.63) is 88.9 Å². The van der Waals surface area contributed by atoms with Crippen LogP contribution in [0.4, 0.5) is 17.6 Å². The molecule has 1 N–H and O–H groups in total. The van der Waals surface area contributed by atoms with Gasteiger partial charge in [0, 0.05) is 12.7 Å². The summed E-state index contributed by atoms with van der Waals surface area (Å²) >= 11 is 0. The topological polar surface area (TPSA) is 77.5 Å². The van der Waals surface area contributed by atoms with E-state index in [2.05, 4.69) is 15.0 Å².